The summed E-state index contributed by atoms with van der Waals surface area (Å²) in [5, 5.41) is 3.19. The summed E-state index contributed by atoms with van der Waals surface area (Å²) >= 11 is 0. The zero-order valence-electron chi connectivity index (χ0n) is 11.5. The minimum Gasteiger partial charge on any atom is -0.379 e. The van der Waals surface area contributed by atoms with E-state index in [9.17, 15) is 8.42 Å². The Morgan fingerprint density at radius 3 is 2.81 bits per heavy atom. The number of anilines is 1. The number of nitrogens with one attached hydrogen (secondary N) is 1. The standard InChI is InChI=1S/C15H15N3O2S/c1-21(19,20)14-6-4-5-12(9-14)16-10-13-11-18-8-3-2-7-15(18)17-13/h2-9,11,16H,10H2,1H3. The third-order valence-corrected chi connectivity index (χ3v) is 4.26. The lowest BCUT2D eigenvalue weighted by molar-refractivity contribution is 0.602. The smallest absolute Gasteiger partial charge is 0.175 e. The minimum atomic E-state index is -3.19. The first kappa shape index (κ1) is 13.6. The van der Waals surface area contributed by atoms with Crippen molar-refractivity contribution < 1.29 is 8.42 Å². The second-order valence-electron chi connectivity index (χ2n) is 4.85. The van der Waals surface area contributed by atoms with Crippen molar-refractivity contribution in [2.75, 3.05) is 11.6 Å². The second kappa shape index (κ2) is 5.21. The molecule has 1 aromatic carbocycles. The minimum absolute atomic E-state index is 0.308. The molecule has 2 heterocycles. The summed E-state index contributed by atoms with van der Waals surface area (Å²) in [5.74, 6) is 0. The van der Waals surface area contributed by atoms with Gasteiger partial charge in [-0.3, -0.25) is 0 Å². The first-order valence-electron chi connectivity index (χ1n) is 6.49. The van der Waals surface area contributed by atoms with E-state index in [0.717, 1.165) is 17.0 Å². The highest BCUT2D eigenvalue weighted by molar-refractivity contribution is 7.90. The molecule has 0 amide bonds. The maximum Gasteiger partial charge on any atom is 0.175 e. The van der Waals surface area contributed by atoms with Gasteiger partial charge in [0.1, 0.15) is 5.65 Å². The lowest BCUT2D eigenvalue weighted by Gasteiger charge is -2.06. The fourth-order valence-corrected chi connectivity index (χ4v) is 2.77. The van der Waals surface area contributed by atoms with Crippen molar-refractivity contribution in [1.82, 2.24) is 9.38 Å². The molecule has 3 aromatic rings. The summed E-state index contributed by atoms with van der Waals surface area (Å²) < 4.78 is 25.0. The van der Waals surface area contributed by atoms with Crippen molar-refractivity contribution in [2.45, 2.75) is 11.4 Å². The van der Waals surface area contributed by atoms with Crippen molar-refractivity contribution in [3.8, 4) is 0 Å². The first-order valence-corrected chi connectivity index (χ1v) is 8.38. The normalized spacial score (nSPS) is 11.7. The number of hydrogen-bond acceptors (Lipinski definition) is 4. The van der Waals surface area contributed by atoms with Gasteiger partial charge in [0.2, 0.25) is 0 Å². The molecule has 0 bridgehead atoms. The van der Waals surface area contributed by atoms with Gasteiger partial charge >= 0.3 is 0 Å². The Balaban J connectivity index is 1.78. The molecule has 108 valence electrons. The Labute approximate surface area is 123 Å². The van der Waals surface area contributed by atoms with Crippen molar-refractivity contribution in [3.63, 3.8) is 0 Å². The summed E-state index contributed by atoms with van der Waals surface area (Å²) in [7, 11) is -3.19. The molecule has 0 fully saturated rings. The zero-order valence-corrected chi connectivity index (χ0v) is 12.3. The number of imidazole rings is 1. The molecule has 5 nitrogen and oxygen atoms in total. The molecule has 3 rings (SSSR count). The zero-order chi connectivity index (χ0) is 14.9. The highest BCUT2D eigenvalue weighted by Gasteiger charge is 2.07. The summed E-state index contributed by atoms with van der Waals surface area (Å²) in [6.45, 7) is 0.537. The number of rotatable bonds is 4. The van der Waals surface area contributed by atoms with E-state index in [0.29, 0.717) is 11.4 Å². The van der Waals surface area contributed by atoms with E-state index >= 15 is 0 Å². The highest BCUT2D eigenvalue weighted by Crippen LogP contribution is 2.16. The number of nitrogens with zero attached hydrogens (tertiary/aromatic N) is 2. The van der Waals surface area contributed by atoms with E-state index in [1.807, 2.05) is 41.1 Å². The van der Waals surface area contributed by atoms with E-state index in [1.165, 1.54) is 6.26 Å². The van der Waals surface area contributed by atoms with Gasteiger partial charge in [0, 0.05) is 24.3 Å². The molecule has 6 heteroatoms. The maximum atomic E-state index is 11.5. The molecule has 0 aliphatic rings. The van der Waals surface area contributed by atoms with Crippen LogP contribution >= 0.6 is 0 Å². The van der Waals surface area contributed by atoms with Crippen LogP contribution in [0.5, 0.6) is 0 Å². The van der Waals surface area contributed by atoms with Gasteiger partial charge in [0.15, 0.2) is 9.84 Å². The Kier molecular flexibility index (Phi) is 3.39. The number of pyridine rings is 1. The number of hydrogen-bond donors (Lipinski definition) is 1. The number of benzene rings is 1. The topological polar surface area (TPSA) is 63.5 Å². The van der Waals surface area contributed by atoms with Crippen LogP contribution < -0.4 is 5.32 Å². The highest BCUT2D eigenvalue weighted by atomic mass is 32.2. The fraction of sp³-hybridized carbons (Fsp3) is 0.133. The molecular weight excluding hydrogens is 286 g/mol. The second-order valence-corrected chi connectivity index (χ2v) is 6.87. The van der Waals surface area contributed by atoms with E-state index < -0.39 is 9.84 Å². The van der Waals surface area contributed by atoms with Crippen LogP contribution in [0.4, 0.5) is 5.69 Å². The van der Waals surface area contributed by atoms with Crippen LogP contribution in [0.1, 0.15) is 5.69 Å². The fourth-order valence-electron chi connectivity index (χ4n) is 2.10. The average molecular weight is 301 g/mol. The summed E-state index contributed by atoms with van der Waals surface area (Å²) in [5.41, 5.74) is 2.54. The third kappa shape index (κ3) is 3.05. The molecule has 21 heavy (non-hydrogen) atoms. The van der Waals surface area contributed by atoms with E-state index in [-0.39, 0.29) is 0 Å². The molecule has 0 saturated carbocycles. The van der Waals surface area contributed by atoms with Crippen LogP contribution in [0.25, 0.3) is 5.65 Å². The van der Waals surface area contributed by atoms with Gasteiger partial charge in [0.25, 0.3) is 0 Å². The van der Waals surface area contributed by atoms with Crippen LogP contribution in [0, 0.1) is 0 Å². The van der Waals surface area contributed by atoms with Gasteiger partial charge in [-0.2, -0.15) is 0 Å². The Bertz CT molecular complexity index is 852. The Morgan fingerprint density at radius 2 is 2.05 bits per heavy atom. The van der Waals surface area contributed by atoms with Crippen LogP contribution in [0.3, 0.4) is 0 Å². The molecular formula is C15H15N3O2S. The molecule has 1 N–H and O–H groups in total. The van der Waals surface area contributed by atoms with Gasteiger partial charge in [-0.15, -0.1) is 0 Å². The van der Waals surface area contributed by atoms with E-state index in [4.69, 9.17) is 0 Å². The molecule has 0 aliphatic carbocycles. The largest absolute Gasteiger partial charge is 0.379 e. The van der Waals surface area contributed by atoms with Crippen LogP contribution in [0.2, 0.25) is 0 Å². The van der Waals surface area contributed by atoms with Gasteiger partial charge in [-0.05, 0) is 30.3 Å². The lowest BCUT2D eigenvalue weighted by atomic mass is 10.3. The van der Waals surface area contributed by atoms with Gasteiger partial charge in [-0.1, -0.05) is 12.1 Å². The predicted octanol–water partition coefficient (Wildman–Crippen LogP) is 2.35. The molecule has 0 saturated heterocycles. The van der Waals surface area contributed by atoms with Crippen molar-refractivity contribution in [1.29, 1.82) is 0 Å². The number of aromatic nitrogens is 2. The average Bonchev–Trinajstić information content (AvgIpc) is 2.87. The van der Waals surface area contributed by atoms with Crippen molar-refractivity contribution >= 4 is 21.2 Å². The monoisotopic (exact) mass is 301 g/mol. The molecule has 2 aromatic heterocycles. The lowest BCUT2D eigenvalue weighted by Crippen LogP contribution is -2.02. The number of sulfone groups is 1. The molecule has 0 spiro atoms. The van der Waals surface area contributed by atoms with Gasteiger partial charge in [0.05, 0.1) is 17.1 Å². The molecule has 0 atom stereocenters. The number of fused-ring (bicyclic) bond motifs is 1. The Morgan fingerprint density at radius 1 is 1.19 bits per heavy atom. The third-order valence-electron chi connectivity index (χ3n) is 3.15. The van der Waals surface area contributed by atoms with Gasteiger partial charge < -0.3 is 9.72 Å². The molecule has 0 unspecified atom stereocenters. The predicted molar refractivity (Wildman–Crippen MR) is 82.1 cm³/mol. The van der Waals surface area contributed by atoms with E-state index in [1.54, 1.807) is 18.2 Å². The van der Waals surface area contributed by atoms with Crippen LogP contribution in [-0.2, 0) is 16.4 Å². The quantitative estimate of drug-likeness (QED) is 0.803. The summed E-state index contributed by atoms with van der Waals surface area (Å²) in [4.78, 5) is 4.79. The summed E-state index contributed by atoms with van der Waals surface area (Å²) in [6.07, 6.45) is 5.09. The molecule has 0 radical (unpaired) electrons. The van der Waals surface area contributed by atoms with E-state index in [2.05, 4.69) is 10.3 Å². The van der Waals surface area contributed by atoms with Crippen molar-refractivity contribution in [3.05, 3.63) is 60.6 Å². The summed E-state index contributed by atoms with van der Waals surface area (Å²) in [6, 6.07) is 12.6. The SMILES string of the molecule is CS(=O)(=O)c1cccc(NCc2cn3ccccc3n2)c1. The van der Waals surface area contributed by atoms with Gasteiger partial charge in [-0.25, -0.2) is 13.4 Å². The first-order chi connectivity index (χ1) is 10.0. The maximum absolute atomic E-state index is 11.5. The Hall–Kier alpha value is -2.34. The molecule has 0 aliphatic heterocycles. The van der Waals surface area contributed by atoms with Crippen LogP contribution in [0.15, 0.2) is 59.8 Å². The van der Waals surface area contributed by atoms with Crippen LogP contribution in [-0.4, -0.2) is 24.1 Å². The van der Waals surface area contributed by atoms with Crippen molar-refractivity contribution in [2.24, 2.45) is 0 Å².